The maximum atomic E-state index is 11.3. The summed E-state index contributed by atoms with van der Waals surface area (Å²) in [6.45, 7) is 3.89. The Morgan fingerprint density at radius 2 is 2.28 bits per heavy atom. The van der Waals surface area contributed by atoms with Crippen molar-refractivity contribution in [2.45, 2.75) is 13.3 Å². The summed E-state index contributed by atoms with van der Waals surface area (Å²) < 4.78 is 1.84. The van der Waals surface area contributed by atoms with Gasteiger partial charge in [0.25, 0.3) is 0 Å². The third kappa shape index (κ3) is 1.70. The van der Waals surface area contributed by atoms with E-state index in [9.17, 15) is 4.79 Å². The monoisotopic (exact) mass is 241 g/mol. The summed E-state index contributed by atoms with van der Waals surface area (Å²) in [6, 6.07) is 5.76. The van der Waals surface area contributed by atoms with E-state index >= 15 is 0 Å². The van der Waals surface area contributed by atoms with Gasteiger partial charge in [-0.05, 0) is 25.5 Å². The molecule has 0 saturated carbocycles. The second-order valence-electron chi connectivity index (χ2n) is 4.61. The molecule has 2 aromatic rings. The van der Waals surface area contributed by atoms with E-state index in [0.29, 0.717) is 5.69 Å². The van der Waals surface area contributed by atoms with Crippen molar-refractivity contribution < 1.29 is 4.79 Å². The quantitative estimate of drug-likeness (QED) is 0.598. The Bertz CT molecular complexity index is 627. The second kappa shape index (κ2) is 4.29. The Labute approximate surface area is 106 Å². The minimum Gasteiger partial charge on any atom is -0.351 e. The van der Waals surface area contributed by atoms with Crippen LogP contribution in [0.25, 0.3) is 5.65 Å². The van der Waals surface area contributed by atoms with Crippen LogP contribution < -0.4 is 4.90 Å². The summed E-state index contributed by atoms with van der Waals surface area (Å²) >= 11 is 0. The molecule has 3 rings (SSSR count). The van der Waals surface area contributed by atoms with Gasteiger partial charge in [-0.2, -0.15) is 0 Å². The molecule has 0 N–H and O–H groups in total. The van der Waals surface area contributed by atoms with Crippen molar-refractivity contribution in [2.75, 3.05) is 18.0 Å². The molecule has 0 radical (unpaired) electrons. The molecule has 0 aliphatic carbocycles. The number of hydrogen-bond donors (Lipinski definition) is 0. The van der Waals surface area contributed by atoms with Gasteiger partial charge in [0.15, 0.2) is 12.1 Å². The van der Waals surface area contributed by atoms with Gasteiger partial charge in [0.2, 0.25) is 0 Å². The Kier molecular flexibility index (Phi) is 2.63. The average molecular weight is 241 g/mol. The number of carbonyl (C=O) groups is 1. The van der Waals surface area contributed by atoms with Crippen molar-refractivity contribution in [2.24, 2.45) is 0 Å². The Morgan fingerprint density at radius 3 is 3.00 bits per heavy atom. The van der Waals surface area contributed by atoms with Crippen LogP contribution in [0.5, 0.6) is 0 Å². The van der Waals surface area contributed by atoms with Crippen LogP contribution >= 0.6 is 0 Å². The number of aldehydes is 1. The van der Waals surface area contributed by atoms with E-state index < -0.39 is 0 Å². The third-order valence-corrected chi connectivity index (χ3v) is 3.39. The maximum Gasteiger partial charge on any atom is 0.170 e. The summed E-state index contributed by atoms with van der Waals surface area (Å²) in [4.78, 5) is 18.0. The van der Waals surface area contributed by atoms with Crippen LogP contribution in [0.3, 0.4) is 0 Å². The number of rotatable bonds is 2. The molecule has 0 fully saturated rings. The highest BCUT2D eigenvalue weighted by atomic mass is 16.1. The number of carbonyl (C=O) groups excluding carboxylic acids is 1. The summed E-state index contributed by atoms with van der Waals surface area (Å²) in [5.41, 5.74) is 2.86. The molecule has 0 amide bonds. The van der Waals surface area contributed by atoms with Crippen LogP contribution in [-0.2, 0) is 0 Å². The molecule has 0 aromatic carbocycles. The van der Waals surface area contributed by atoms with E-state index in [4.69, 9.17) is 0 Å². The number of fused-ring (bicyclic) bond motifs is 1. The molecule has 0 atom stereocenters. The predicted octanol–water partition coefficient (Wildman–Crippen LogP) is 2.30. The zero-order valence-corrected chi connectivity index (χ0v) is 10.3. The van der Waals surface area contributed by atoms with E-state index in [1.54, 1.807) is 0 Å². The standard InChI is InChI=1S/C14H15N3O/c1-11-5-8-16(9-6-11)14-12(10-18)17-7-3-2-4-13(17)15-14/h2-5,7,10H,6,8-9H2,1H3. The van der Waals surface area contributed by atoms with Gasteiger partial charge in [0.05, 0.1) is 0 Å². The van der Waals surface area contributed by atoms with Crippen molar-refractivity contribution in [1.82, 2.24) is 9.38 Å². The minimum absolute atomic E-state index is 0.638. The topological polar surface area (TPSA) is 37.6 Å². The van der Waals surface area contributed by atoms with Crippen molar-refractivity contribution >= 4 is 17.8 Å². The predicted molar refractivity (Wildman–Crippen MR) is 71.2 cm³/mol. The molecule has 2 aromatic heterocycles. The number of aromatic nitrogens is 2. The Balaban J connectivity index is 2.09. The van der Waals surface area contributed by atoms with Gasteiger partial charge in [0.1, 0.15) is 11.3 Å². The van der Waals surface area contributed by atoms with Crippen LogP contribution in [0, 0.1) is 0 Å². The number of pyridine rings is 1. The zero-order valence-electron chi connectivity index (χ0n) is 10.3. The Hall–Kier alpha value is -2.10. The largest absolute Gasteiger partial charge is 0.351 e. The fourth-order valence-corrected chi connectivity index (χ4v) is 2.31. The lowest BCUT2D eigenvalue weighted by atomic mass is 10.1. The highest BCUT2D eigenvalue weighted by Crippen LogP contribution is 2.23. The number of nitrogens with zero attached hydrogens (tertiary/aromatic N) is 3. The van der Waals surface area contributed by atoms with Crippen LogP contribution in [0.2, 0.25) is 0 Å². The molecule has 4 heteroatoms. The first-order valence-corrected chi connectivity index (χ1v) is 6.12. The van der Waals surface area contributed by atoms with Crippen LogP contribution in [0.1, 0.15) is 23.8 Å². The average Bonchev–Trinajstić information content (AvgIpc) is 2.78. The molecular formula is C14H15N3O. The first-order chi connectivity index (χ1) is 8.79. The molecule has 0 saturated heterocycles. The highest BCUT2D eigenvalue weighted by Gasteiger charge is 2.18. The molecule has 0 spiro atoms. The summed E-state index contributed by atoms with van der Waals surface area (Å²) in [5, 5.41) is 0. The van der Waals surface area contributed by atoms with Crippen molar-refractivity contribution in [1.29, 1.82) is 0 Å². The SMILES string of the molecule is CC1=CCN(c2nc3ccccn3c2C=O)CC1. The molecule has 1 aliphatic heterocycles. The molecule has 1 aliphatic rings. The lowest BCUT2D eigenvalue weighted by Gasteiger charge is -2.25. The zero-order chi connectivity index (χ0) is 12.5. The number of anilines is 1. The summed E-state index contributed by atoms with van der Waals surface area (Å²) in [7, 11) is 0. The van der Waals surface area contributed by atoms with Gasteiger partial charge < -0.3 is 4.90 Å². The van der Waals surface area contributed by atoms with Gasteiger partial charge in [-0.1, -0.05) is 17.7 Å². The summed E-state index contributed by atoms with van der Waals surface area (Å²) in [5.74, 6) is 0.792. The second-order valence-corrected chi connectivity index (χ2v) is 4.61. The van der Waals surface area contributed by atoms with Gasteiger partial charge in [-0.25, -0.2) is 4.98 Å². The molecule has 18 heavy (non-hydrogen) atoms. The highest BCUT2D eigenvalue weighted by molar-refractivity contribution is 5.83. The fourth-order valence-electron chi connectivity index (χ4n) is 2.31. The van der Waals surface area contributed by atoms with Crippen molar-refractivity contribution in [3.63, 3.8) is 0 Å². The van der Waals surface area contributed by atoms with E-state index in [2.05, 4.69) is 22.9 Å². The normalized spacial score (nSPS) is 15.8. The van der Waals surface area contributed by atoms with Crippen LogP contribution in [0.4, 0.5) is 5.82 Å². The van der Waals surface area contributed by atoms with E-state index in [1.165, 1.54) is 5.57 Å². The maximum absolute atomic E-state index is 11.3. The first kappa shape index (κ1) is 11.0. The molecule has 3 heterocycles. The molecule has 4 nitrogen and oxygen atoms in total. The lowest BCUT2D eigenvalue weighted by molar-refractivity contribution is 0.111. The Morgan fingerprint density at radius 1 is 1.39 bits per heavy atom. The van der Waals surface area contributed by atoms with Crippen molar-refractivity contribution in [3.8, 4) is 0 Å². The van der Waals surface area contributed by atoms with Crippen LogP contribution in [-0.4, -0.2) is 28.8 Å². The minimum atomic E-state index is 0.638. The van der Waals surface area contributed by atoms with Crippen LogP contribution in [0.15, 0.2) is 36.0 Å². The first-order valence-electron chi connectivity index (χ1n) is 6.12. The molecular weight excluding hydrogens is 226 g/mol. The number of hydrogen-bond acceptors (Lipinski definition) is 3. The van der Waals surface area contributed by atoms with Gasteiger partial charge in [-0.3, -0.25) is 9.20 Å². The van der Waals surface area contributed by atoms with Gasteiger partial charge in [0, 0.05) is 19.3 Å². The smallest absolute Gasteiger partial charge is 0.170 e. The van der Waals surface area contributed by atoms with Gasteiger partial charge >= 0.3 is 0 Å². The van der Waals surface area contributed by atoms with Gasteiger partial charge in [-0.15, -0.1) is 0 Å². The van der Waals surface area contributed by atoms with E-state index in [0.717, 1.165) is 37.3 Å². The third-order valence-electron chi connectivity index (χ3n) is 3.39. The molecule has 0 bridgehead atoms. The molecule has 0 unspecified atom stereocenters. The number of imidazole rings is 1. The van der Waals surface area contributed by atoms with E-state index in [1.807, 2.05) is 28.8 Å². The molecule has 92 valence electrons. The lowest BCUT2D eigenvalue weighted by Crippen LogP contribution is -2.29. The van der Waals surface area contributed by atoms with Crippen molar-refractivity contribution in [3.05, 3.63) is 41.7 Å². The fraction of sp³-hybridized carbons (Fsp3) is 0.286. The van der Waals surface area contributed by atoms with E-state index in [-0.39, 0.29) is 0 Å². The summed E-state index contributed by atoms with van der Waals surface area (Å²) in [6.07, 6.45) is 6.00.